The number of carbonyl (C=O) groups excluding carboxylic acids is 1. The molecule has 2 aromatic rings. The van der Waals surface area contributed by atoms with E-state index >= 15 is 0 Å². The van der Waals surface area contributed by atoms with Gasteiger partial charge < -0.3 is 10.1 Å². The van der Waals surface area contributed by atoms with Gasteiger partial charge in [0.05, 0.1) is 4.47 Å². The summed E-state index contributed by atoms with van der Waals surface area (Å²) in [6.07, 6.45) is 0. The first-order chi connectivity index (χ1) is 9.04. The molecule has 0 heterocycles. The van der Waals surface area contributed by atoms with Crippen molar-refractivity contribution in [2.45, 2.75) is 6.92 Å². The lowest BCUT2D eigenvalue weighted by Crippen LogP contribution is -2.05. The molecule has 19 heavy (non-hydrogen) atoms. The van der Waals surface area contributed by atoms with Crippen molar-refractivity contribution in [3.8, 4) is 11.5 Å². The molecule has 1 amide bonds. The van der Waals surface area contributed by atoms with Crippen molar-refractivity contribution in [3.05, 3.63) is 52.8 Å². The summed E-state index contributed by atoms with van der Waals surface area (Å²) in [5.41, 5.74) is 0.672. The summed E-state index contributed by atoms with van der Waals surface area (Å²) in [6.45, 7) is 1.44. The quantitative estimate of drug-likeness (QED) is 0.912. The van der Waals surface area contributed by atoms with E-state index in [0.29, 0.717) is 21.7 Å². The van der Waals surface area contributed by atoms with Crippen LogP contribution in [0.3, 0.4) is 0 Å². The molecule has 0 aliphatic rings. The van der Waals surface area contributed by atoms with Crippen LogP contribution in [0.25, 0.3) is 0 Å². The lowest BCUT2D eigenvalue weighted by Gasteiger charge is -2.09. The van der Waals surface area contributed by atoms with Crippen LogP contribution in [0.2, 0.25) is 0 Å². The molecular formula is C14H11BrFNO2. The van der Waals surface area contributed by atoms with Gasteiger partial charge in [-0.05, 0) is 58.4 Å². The number of rotatable bonds is 3. The zero-order chi connectivity index (χ0) is 13.8. The predicted molar refractivity (Wildman–Crippen MR) is 74.9 cm³/mol. The topological polar surface area (TPSA) is 38.3 Å². The molecule has 5 heteroatoms. The Labute approximate surface area is 118 Å². The van der Waals surface area contributed by atoms with Crippen LogP contribution in [0.1, 0.15) is 6.92 Å². The summed E-state index contributed by atoms with van der Waals surface area (Å²) in [5, 5.41) is 2.67. The Bertz CT molecular complexity index is 599. The first-order valence-corrected chi connectivity index (χ1v) is 6.34. The van der Waals surface area contributed by atoms with Crippen LogP contribution in [0, 0.1) is 5.82 Å². The fourth-order valence-corrected chi connectivity index (χ4v) is 1.95. The van der Waals surface area contributed by atoms with E-state index < -0.39 is 0 Å². The molecule has 0 aliphatic carbocycles. The van der Waals surface area contributed by atoms with Crippen LogP contribution in [-0.2, 0) is 4.79 Å². The molecule has 2 rings (SSSR count). The molecule has 2 aromatic carbocycles. The predicted octanol–water partition coefficient (Wildman–Crippen LogP) is 4.34. The molecule has 0 aromatic heterocycles. The minimum atomic E-state index is -0.313. The van der Waals surface area contributed by atoms with Gasteiger partial charge in [-0.1, -0.05) is 0 Å². The molecule has 0 saturated carbocycles. The largest absolute Gasteiger partial charge is 0.456 e. The summed E-state index contributed by atoms with van der Waals surface area (Å²) in [6, 6.07) is 10.9. The van der Waals surface area contributed by atoms with Gasteiger partial charge >= 0.3 is 0 Å². The Hall–Kier alpha value is -1.88. The summed E-state index contributed by atoms with van der Waals surface area (Å²) in [5.74, 6) is 0.668. The summed E-state index contributed by atoms with van der Waals surface area (Å²) in [4.78, 5) is 10.9. The number of nitrogens with one attached hydrogen (secondary N) is 1. The fraction of sp³-hybridized carbons (Fsp3) is 0.0714. The van der Waals surface area contributed by atoms with Crippen LogP contribution in [0.5, 0.6) is 11.5 Å². The molecule has 0 saturated heterocycles. The van der Waals surface area contributed by atoms with E-state index in [1.165, 1.54) is 19.1 Å². The molecule has 0 atom stereocenters. The van der Waals surface area contributed by atoms with Crippen molar-refractivity contribution in [2.24, 2.45) is 0 Å². The second kappa shape index (κ2) is 5.84. The molecule has 98 valence electrons. The van der Waals surface area contributed by atoms with Gasteiger partial charge in [0.2, 0.25) is 5.91 Å². The Kier molecular flexibility index (Phi) is 4.16. The molecule has 0 unspecified atom stereocenters. The third-order valence-corrected chi connectivity index (χ3v) is 2.91. The zero-order valence-corrected chi connectivity index (χ0v) is 11.7. The average Bonchev–Trinajstić information content (AvgIpc) is 2.34. The van der Waals surface area contributed by atoms with E-state index in [2.05, 4.69) is 21.2 Å². The van der Waals surface area contributed by atoms with E-state index in [4.69, 9.17) is 4.74 Å². The monoisotopic (exact) mass is 323 g/mol. The van der Waals surface area contributed by atoms with Gasteiger partial charge in [0, 0.05) is 12.6 Å². The maximum absolute atomic E-state index is 12.8. The Morgan fingerprint density at radius 1 is 1.21 bits per heavy atom. The van der Waals surface area contributed by atoms with Crippen LogP contribution >= 0.6 is 15.9 Å². The fourth-order valence-electron chi connectivity index (χ4n) is 1.49. The highest BCUT2D eigenvalue weighted by molar-refractivity contribution is 9.10. The highest BCUT2D eigenvalue weighted by atomic mass is 79.9. The van der Waals surface area contributed by atoms with Gasteiger partial charge in [-0.25, -0.2) is 4.39 Å². The summed E-state index contributed by atoms with van der Waals surface area (Å²) < 4.78 is 19.1. The van der Waals surface area contributed by atoms with Crippen LogP contribution in [0.4, 0.5) is 10.1 Å². The van der Waals surface area contributed by atoms with E-state index in [0.717, 1.165) is 0 Å². The number of amides is 1. The van der Waals surface area contributed by atoms with Gasteiger partial charge in [0.25, 0.3) is 0 Å². The third kappa shape index (κ3) is 3.79. The zero-order valence-electron chi connectivity index (χ0n) is 10.1. The highest BCUT2D eigenvalue weighted by Crippen LogP contribution is 2.32. The molecular weight excluding hydrogens is 313 g/mol. The van der Waals surface area contributed by atoms with Crippen molar-refractivity contribution in [3.63, 3.8) is 0 Å². The standard InChI is InChI=1S/C14H11BrFNO2/c1-9(18)17-11-4-7-14(13(15)8-11)19-12-5-2-10(16)3-6-12/h2-8H,1H3,(H,17,18). The van der Waals surface area contributed by atoms with Gasteiger partial charge in [-0.3, -0.25) is 4.79 Å². The number of carbonyl (C=O) groups is 1. The van der Waals surface area contributed by atoms with Gasteiger partial charge in [0.1, 0.15) is 17.3 Å². The smallest absolute Gasteiger partial charge is 0.221 e. The maximum atomic E-state index is 12.8. The molecule has 0 fully saturated rings. The van der Waals surface area contributed by atoms with E-state index in [1.54, 1.807) is 30.3 Å². The van der Waals surface area contributed by atoms with E-state index in [1.807, 2.05) is 0 Å². The number of hydrogen-bond donors (Lipinski definition) is 1. The average molecular weight is 324 g/mol. The van der Waals surface area contributed by atoms with Crippen molar-refractivity contribution >= 4 is 27.5 Å². The lowest BCUT2D eigenvalue weighted by atomic mass is 10.3. The summed E-state index contributed by atoms with van der Waals surface area (Å²) >= 11 is 3.36. The molecule has 3 nitrogen and oxygen atoms in total. The second-order valence-corrected chi connectivity index (χ2v) is 4.74. The SMILES string of the molecule is CC(=O)Nc1ccc(Oc2ccc(F)cc2)c(Br)c1. The first-order valence-electron chi connectivity index (χ1n) is 5.55. The second-order valence-electron chi connectivity index (χ2n) is 3.88. The van der Waals surface area contributed by atoms with Crippen molar-refractivity contribution in [1.82, 2.24) is 0 Å². The lowest BCUT2D eigenvalue weighted by molar-refractivity contribution is -0.114. The minimum Gasteiger partial charge on any atom is -0.456 e. The van der Waals surface area contributed by atoms with Crippen LogP contribution < -0.4 is 10.1 Å². The molecule has 0 aliphatic heterocycles. The third-order valence-electron chi connectivity index (χ3n) is 2.29. The number of hydrogen-bond acceptors (Lipinski definition) is 2. The number of anilines is 1. The van der Waals surface area contributed by atoms with Crippen molar-refractivity contribution < 1.29 is 13.9 Å². The minimum absolute atomic E-state index is 0.140. The highest BCUT2D eigenvalue weighted by Gasteiger charge is 2.05. The Morgan fingerprint density at radius 3 is 2.47 bits per heavy atom. The molecule has 0 spiro atoms. The Morgan fingerprint density at radius 2 is 1.89 bits per heavy atom. The van der Waals surface area contributed by atoms with Gasteiger partial charge in [0.15, 0.2) is 0 Å². The van der Waals surface area contributed by atoms with Crippen molar-refractivity contribution in [2.75, 3.05) is 5.32 Å². The van der Waals surface area contributed by atoms with E-state index in [-0.39, 0.29) is 11.7 Å². The summed E-state index contributed by atoms with van der Waals surface area (Å²) in [7, 11) is 0. The Balaban J connectivity index is 2.17. The van der Waals surface area contributed by atoms with Crippen LogP contribution in [0.15, 0.2) is 46.9 Å². The van der Waals surface area contributed by atoms with E-state index in [9.17, 15) is 9.18 Å². The van der Waals surface area contributed by atoms with Crippen molar-refractivity contribution in [1.29, 1.82) is 0 Å². The van der Waals surface area contributed by atoms with Gasteiger partial charge in [-0.15, -0.1) is 0 Å². The number of ether oxygens (including phenoxy) is 1. The van der Waals surface area contributed by atoms with Gasteiger partial charge in [-0.2, -0.15) is 0 Å². The molecule has 0 bridgehead atoms. The number of benzene rings is 2. The first kappa shape index (κ1) is 13.5. The molecule has 1 N–H and O–H groups in total. The van der Waals surface area contributed by atoms with Crippen LogP contribution in [-0.4, -0.2) is 5.91 Å². The number of halogens is 2. The molecule has 0 radical (unpaired) electrons. The normalized spacial score (nSPS) is 10.1. The maximum Gasteiger partial charge on any atom is 0.221 e.